The van der Waals surface area contributed by atoms with E-state index in [9.17, 15) is 4.79 Å². The van der Waals surface area contributed by atoms with Crippen molar-refractivity contribution in [2.24, 2.45) is 7.05 Å². The number of nitrogens with one attached hydrogen (secondary N) is 1. The largest absolute Gasteiger partial charge is 0.308 e. The Morgan fingerprint density at radius 1 is 0.938 bits per heavy atom. The third-order valence-corrected chi connectivity index (χ3v) is 7.44. The summed E-state index contributed by atoms with van der Waals surface area (Å²) in [6, 6.07) is 6.76. The first-order valence-electron chi connectivity index (χ1n) is 12.2. The predicted octanol–water partition coefficient (Wildman–Crippen LogP) is 3.31. The summed E-state index contributed by atoms with van der Waals surface area (Å²) in [4.78, 5) is 16.1. The Labute approximate surface area is 190 Å². The molecule has 3 aromatic rings. The van der Waals surface area contributed by atoms with Crippen LogP contribution >= 0.6 is 0 Å². The van der Waals surface area contributed by atoms with Crippen molar-refractivity contribution in [3.8, 4) is 0 Å². The molecule has 1 aromatic carbocycles. The van der Waals surface area contributed by atoms with E-state index in [0.717, 1.165) is 62.3 Å². The van der Waals surface area contributed by atoms with Gasteiger partial charge in [0.2, 0.25) is 0 Å². The van der Waals surface area contributed by atoms with Crippen molar-refractivity contribution in [3.63, 3.8) is 0 Å². The Morgan fingerprint density at radius 2 is 1.69 bits per heavy atom. The van der Waals surface area contributed by atoms with Gasteiger partial charge in [-0.05, 0) is 86.8 Å². The maximum Gasteiger partial charge on any atom is 0.255 e. The highest BCUT2D eigenvalue weighted by atomic mass is 16.1. The van der Waals surface area contributed by atoms with E-state index in [2.05, 4.69) is 45.0 Å². The van der Waals surface area contributed by atoms with Gasteiger partial charge in [0, 0.05) is 50.0 Å². The number of rotatable bonds is 7. The standard InChI is InChI=1S/C26H35N5O/c1-19-24(18-28-29(19)2)17-27-16-23-14-22-13-20-7-6-8-21(20)15-25(22)31(26(23)32)12-11-30-9-4-3-5-10-30/h13-15,18,27H,3-12,16-17H2,1-2H3. The minimum Gasteiger partial charge on any atom is -0.308 e. The Bertz CT molecular complexity index is 1170. The summed E-state index contributed by atoms with van der Waals surface area (Å²) in [7, 11) is 1.96. The van der Waals surface area contributed by atoms with Crippen molar-refractivity contribution in [2.45, 2.75) is 65.1 Å². The molecular formula is C26H35N5O. The van der Waals surface area contributed by atoms with Crippen LogP contribution in [0.25, 0.3) is 10.9 Å². The van der Waals surface area contributed by atoms with Crippen molar-refractivity contribution in [1.82, 2.24) is 24.6 Å². The van der Waals surface area contributed by atoms with Crippen LogP contribution in [0.5, 0.6) is 0 Å². The second-order valence-electron chi connectivity index (χ2n) is 9.54. The number of benzene rings is 1. The van der Waals surface area contributed by atoms with Crippen LogP contribution in [-0.2, 0) is 39.5 Å². The summed E-state index contributed by atoms with van der Waals surface area (Å²) in [5.74, 6) is 0. The molecule has 1 aliphatic heterocycles. The summed E-state index contributed by atoms with van der Waals surface area (Å²) in [5, 5.41) is 9.01. The first-order chi connectivity index (χ1) is 15.6. The van der Waals surface area contributed by atoms with Gasteiger partial charge in [0.05, 0.1) is 11.7 Å². The number of piperidine rings is 1. The van der Waals surface area contributed by atoms with E-state index < -0.39 is 0 Å². The quantitative estimate of drug-likeness (QED) is 0.621. The molecule has 1 fully saturated rings. The topological polar surface area (TPSA) is 55.1 Å². The summed E-state index contributed by atoms with van der Waals surface area (Å²) < 4.78 is 3.94. The molecule has 0 unspecified atom stereocenters. The molecular weight excluding hydrogens is 398 g/mol. The minimum atomic E-state index is 0.155. The van der Waals surface area contributed by atoms with Gasteiger partial charge in [-0.1, -0.05) is 6.42 Å². The number of pyridine rings is 1. The molecule has 170 valence electrons. The minimum absolute atomic E-state index is 0.155. The molecule has 0 atom stereocenters. The molecule has 0 amide bonds. The fourth-order valence-corrected chi connectivity index (χ4v) is 5.33. The van der Waals surface area contributed by atoms with Gasteiger partial charge in [0.1, 0.15) is 0 Å². The van der Waals surface area contributed by atoms with E-state index in [1.54, 1.807) is 0 Å². The van der Waals surface area contributed by atoms with Crippen LogP contribution in [0.4, 0.5) is 0 Å². The van der Waals surface area contributed by atoms with Crippen molar-refractivity contribution >= 4 is 10.9 Å². The first kappa shape index (κ1) is 21.4. The van der Waals surface area contributed by atoms with E-state index in [-0.39, 0.29) is 5.56 Å². The third-order valence-electron chi connectivity index (χ3n) is 7.44. The average Bonchev–Trinajstić information content (AvgIpc) is 3.39. The molecule has 0 radical (unpaired) electrons. The van der Waals surface area contributed by atoms with Gasteiger partial charge in [-0.15, -0.1) is 0 Å². The lowest BCUT2D eigenvalue weighted by atomic mass is 10.0. The number of aromatic nitrogens is 3. The summed E-state index contributed by atoms with van der Waals surface area (Å²) >= 11 is 0. The fraction of sp³-hybridized carbons (Fsp3) is 0.538. The Hall–Kier alpha value is -2.44. The number of nitrogens with zero attached hydrogens (tertiary/aromatic N) is 4. The van der Waals surface area contributed by atoms with Crippen LogP contribution in [-0.4, -0.2) is 38.9 Å². The van der Waals surface area contributed by atoms with E-state index in [1.165, 1.54) is 47.8 Å². The molecule has 2 aromatic heterocycles. The zero-order valence-corrected chi connectivity index (χ0v) is 19.5. The summed E-state index contributed by atoms with van der Waals surface area (Å²) in [5.41, 5.74) is 7.35. The highest BCUT2D eigenvalue weighted by Gasteiger charge is 2.17. The van der Waals surface area contributed by atoms with E-state index in [1.807, 2.05) is 17.9 Å². The number of hydrogen-bond donors (Lipinski definition) is 1. The van der Waals surface area contributed by atoms with E-state index in [4.69, 9.17) is 0 Å². The van der Waals surface area contributed by atoms with Crippen molar-refractivity contribution in [2.75, 3.05) is 19.6 Å². The second kappa shape index (κ2) is 9.20. The molecule has 0 saturated carbocycles. The smallest absolute Gasteiger partial charge is 0.255 e. The molecule has 6 heteroatoms. The molecule has 1 N–H and O–H groups in total. The Kier molecular flexibility index (Phi) is 6.15. The Balaban J connectivity index is 1.42. The van der Waals surface area contributed by atoms with Crippen LogP contribution in [0.15, 0.2) is 29.2 Å². The summed E-state index contributed by atoms with van der Waals surface area (Å²) in [6.45, 7) is 7.41. The van der Waals surface area contributed by atoms with Gasteiger partial charge < -0.3 is 14.8 Å². The zero-order chi connectivity index (χ0) is 22.1. The normalized spacial score (nSPS) is 16.7. The van der Waals surface area contributed by atoms with E-state index in [0.29, 0.717) is 6.54 Å². The molecule has 1 saturated heterocycles. The maximum atomic E-state index is 13.6. The number of aryl methyl sites for hydroxylation is 3. The van der Waals surface area contributed by atoms with Crippen molar-refractivity contribution in [3.05, 3.63) is 62.7 Å². The van der Waals surface area contributed by atoms with Crippen LogP contribution in [0.3, 0.4) is 0 Å². The lowest BCUT2D eigenvalue weighted by molar-refractivity contribution is 0.221. The van der Waals surface area contributed by atoms with E-state index >= 15 is 0 Å². The Morgan fingerprint density at radius 3 is 2.44 bits per heavy atom. The highest BCUT2D eigenvalue weighted by molar-refractivity contribution is 5.82. The van der Waals surface area contributed by atoms with Crippen LogP contribution in [0.1, 0.15) is 53.6 Å². The lowest BCUT2D eigenvalue weighted by Crippen LogP contribution is -2.36. The highest BCUT2D eigenvalue weighted by Crippen LogP contribution is 2.27. The molecule has 0 bridgehead atoms. The zero-order valence-electron chi connectivity index (χ0n) is 19.5. The predicted molar refractivity (Wildman–Crippen MR) is 129 cm³/mol. The van der Waals surface area contributed by atoms with Gasteiger partial charge in [-0.2, -0.15) is 5.10 Å². The molecule has 1 aliphatic carbocycles. The SMILES string of the molecule is Cc1c(CNCc2cc3cc4c(cc3n(CCN3CCCCC3)c2=O)CCC4)cnn1C. The van der Waals surface area contributed by atoms with Gasteiger partial charge in [0.15, 0.2) is 0 Å². The molecule has 2 aliphatic rings. The first-order valence-corrected chi connectivity index (χ1v) is 12.2. The number of likely N-dealkylation sites (tertiary alicyclic amines) is 1. The fourth-order valence-electron chi connectivity index (χ4n) is 5.33. The van der Waals surface area contributed by atoms with Gasteiger partial charge in [-0.3, -0.25) is 9.48 Å². The third kappa shape index (κ3) is 4.26. The molecule has 5 rings (SSSR count). The van der Waals surface area contributed by atoms with Crippen molar-refractivity contribution in [1.29, 1.82) is 0 Å². The number of hydrogen-bond acceptors (Lipinski definition) is 4. The average molecular weight is 434 g/mol. The van der Waals surface area contributed by atoms with Gasteiger partial charge in [-0.25, -0.2) is 0 Å². The maximum absolute atomic E-state index is 13.6. The molecule has 0 spiro atoms. The van der Waals surface area contributed by atoms with Gasteiger partial charge in [0.25, 0.3) is 5.56 Å². The lowest BCUT2D eigenvalue weighted by Gasteiger charge is -2.27. The van der Waals surface area contributed by atoms with Crippen LogP contribution in [0, 0.1) is 6.92 Å². The van der Waals surface area contributed by atoms with Gasteiger partial charge >= 0.3 is 0 Å². The molecule has 3 heterocycles. The summed E-state index contributed by atoms with van der Waals surface area (Å²) in [6.07, 6.45) is 9.32. The second-order valence-corrected chi connectivity index (χ2v) is 9.54. The van der Waals surface area contributed by atoms with Crippen LogP contribution in [0.2, 0.25) is 0 Å². The van der Waals surface area contributed by atoms with Crippen LogP contribution < -0.4 is 10.9 Å². The molecule has 6 nitrogen and oxygen atoms in total. The number of fused-ring (bicyclic) bond motifs is 2. The monoisotopic (exact) mass is 433 g/mol. The van der Waals surface area contributed by atoms with Crippen molar-refractivity contribution < 1.29 is 0 Å². The molecule has 32 heavy (non-hydrogen) atoms.